The molecule has 1 rings (SSSR count). The van der Waals surface area contributed by atoms with E-state index in [0.717, 1.165) is 18.5 Å². The van der Waals surface area contributed by atoms with E-state index in [4.69, 9.17) is 5.73 Å². The maximum Gasteiger partial charge on any atom is 0.0217 e. The molecule has 18 heavy (non-hydrogen) atoms. The summed E-state index contributed by atoms with van der Waals surface area (Å²) >= 11 is 0. The minimum absolute atomic E-state index is 0.768. The van der Waals surface area contributed by atoms with E-state index in [2.05, 4.69) is 30.8 Å². The molecule has 2 N–H and O–H groups in total. The lowest BCUT2D eigenvalue weighted by molar-refractivity contribution is 0.130. The highest BCUT2D eigenvalue weighted by molar-refractivity contribution is 4.77. The van der Waals surface area contributed by atoms with Crippen LogP contribution in [0.2, 0.25) is 0 Å². The third-order valence-corrected chi connectivity index (χ3v) is 4.45. The van der Waals surface area contributed by atoms with Gasteiger partial charge in [0.25, 0.3) is 0 Å². The fraction of sp³-hybridized carbons (Fsp3) is 1.00. The first-order valence-corrected chi connectivity index (χ1v) is 7.76. The van der Waals surface area contributed by atoms with Crippen LogP contribution in [0.3, 0.4) is 0 Å². The molecule has 0 saturated carbocycles. The zero-order valence-corrected chi connectivity index (χ0v) is 12.7. The van der Waals surface area contributed by atoms with Crippen molar-refractivity contribution in [1.29, 1.82) is 0 Å². The lowest BCUT2D eigenvalue weighted by Crippen LogP contribution is -2.45. The minimum Gasteiger partial charge on any atom is -0.330 e. The topological polar surface area (TPSA) is 32.5 Å². The van der Waals surface area contributed by atoms with Crippen molar-refractivity contribution in [1.82, 2.24) is 9.80 Å². The summed E-state index contributed by atoms with van der Waals surface area (Å²) in [7, 11) is 4.42. The van der Waals surface area contributed by atoms with Crippen molar-refractivity contribution in [3.63, 3.8) is 0 Å². The minimum atomic E-state index is 0.768. The van der Waals surface area contributed by atoms with E-state index in [1.807, 2.05) is 0 Å². The largest absolute Gasteiger partial charge is 0.330 e. The molecule has 0 bridgehead atoms. The Morgan fingerprint density at radius 1 is 1.33 bits per heavy atom. The molecule has 1 heterocycles. The van der Waals surface area contributed by atoms with Gasteiger partial charge in [0.05, 0.1) is 0 Å². The van der Waals surface area contributed by atoms with Crippen LogP contribution in [0.4, 0.5) is 0 Å². The predicted octanol–water partition coefficient (Wildman–Crippen LogP) is 2.17. The predicted molar refractivity (Wildman–Crippen MR) is 79.8 cm³/mol. The first-order chi connectivity index (χ1) is 8.67. The van der Waals surface area contributed by atoms with Crippen LogP contribution in [0, 0.1) is 5.92 Å². The monoisotopic (exact) mass is 255 g/mol. The van der Waals surface area contributed by atoms with E-state index >= 15 is 0 Å². The summed E-state index contributed by atoms with van der Waals surface area (Å²) in [6.07, 6.45) is 7.93. The summed E-state index contributed by atoms with van der Waals surface area (Å²) in [5.74, 6) is 0.851. The van der Waals surface area contributed by atoms with E-state index in [1.54, 1.807) is 0 Å². The molecule has 1 fully saturated rings. The Kier molecular flexibility index (Phi) is 7.87. The molecule has 108 valence electrons. The van der Waals surface area contributed by atoms with Crippen LogP contribution in [0.15, 0.2) is 0 Å². The Bertz CT molecular complexity index is 206. The average molecular weight is 255 g/mol. The molecule has 3 heteroatoms. The van der Waals surface area contributed by atoms with E-state index < -0.39 is 0 Å². The van der Waals surface area contributed by atoms with Crippen LogP contribution in [0.1, 0.15) is 45.4 Å². The van der Waals surface area contributed by atoms with E-state index in [0.29, 0.717) is 0 Å². The van der Waals surface area contributed by atoms with Gasteiger partial charge in [0, 0.05) is 12.6 Å². The number of likely N-dealkylation sites (tertiary alicyclic amines) is 1. The molecule has 1 saturated heterocycles. The van der Waals surface area contributed by atoms with Crippen LogP contribution in [-0.2, 0) is 0 Å². The molecule has 1 aliphatic heterocycles. The SMILES string of the molecule is CCC(CCN)CCCN1CCCC(N(C)C)C1. The molecule has 1 aliphatic rings. The van der Waals surface area contributed by atoms with E-state index in [1.165, 1.54) is 58.2 Å². The lowest BCUT2D eigenvalue weighted by atomic mass is 9.96. The fourth-order valence-corrected chi connectivity index (χ4v) is 3.05. The van der Waals surface area contributed by atoms with Gasteiger partial charge in [0.15, 0.2) is 0 Å². The second kappa shape index (κ2) is 8.89. The van der Waals surface area contributed by atoms with Gasteiger partial charge in [-0.1, -0.05) is 13.3 Å². The molecule has 0 aromatic rings. The second-order valence-corrected chi connectivity index (χ2v) is 6.05. The molecule has 0 spiro atoms. The Labute approximate surface area is 114 Å². The fourth-order valence-electron chi connectivity index (χ4n) is 3.05. The van der Waals surface area contributed by atoms with Crippen molar-refractivity contribution < 1.29 is 0 Å². The number of nitrogens with two attached hydrogens (primary N) is 1. The Morgan fingerprint density at radius 3 is 2.72 bits per heavy atom. The van der Waals surface area contributed by atoms with Crippen LogP contribution >= 0.6 is 0 Å². The van der Waals surface area contributed by atoms with Gasteiger partial charge in [-0.25, -0.2) is 0 Å². The van der Waals surface area contributed by atoms with Gasteiger partial charge in [-0.05, 0) is 71.8 Å². The number of likely N-dealkylation sites (N-methyl/N-ethyl adjacent to an activating group) is 1. The van der Waals surface area contributed by atoms with Crippen molar-refractivity contribution in [2.45, 2.75) is 51.5 Å². The van der Waals surface area contributed by atoms with Crippen molar-refractivity contribution >= 4 is 0 Å². The highest BCUT2D eigenvalue weighted by Crippen LogP contribution is 2.17. The molecule has 0 radical (unpaired) electrons. The van der Waals surface area contributed by atoms with Crippen LogP contribution in [-0.4, -0.2) is 56.1 Å². The Balaban J connectivity index is 2.18. The first kappa shape index (κ1) is 15.9. The summed E-state index contributed by atoms with van der Waals surface area (Å²) in [4.78, 5) is 5.04. The van der Waals surface area contributed by atoms with Gasteiger partial charge in [-0.15, -0.1) is 0 Å². The molecule has 2 unspecified atom stereocenters. The number of rotatable bonds is 8. The highest BCUT2D eigenvalue weighted by atomic mass is 15.2. The third kappa shape index (κ3) is 5.68. The van der Waals surface area contributed by atoms with Gasteiger partial charge in [0.2, 0.25) is 0 Å². The molecule has 2 atom stereocenters. The summed E-state index contributed by atoms with van der Waals surface area (Å²) in [6.45, 7) is 7.00. The Hall–Kier alpha value is -0.120. The van der Waals surface area contributed by atoms with Crippen LogP contribution in [0.25, 0.3) is 0 Å². The van der Waals surface area contributed by atoms with Crippen LogP contribution < -0.4 is 5.73 Å². The molecular weight excluding hydrogens is 222 g/mol. The highest BCUT2D eigenvalue weighted by Gasteiger charge is 2.20. The summed E-state index contributed by atoms with van der Waals surface area (Å²) in [5.41, 5.74) is 5.66. The summed E-state index contributed by atoms with van der Waals surface area (Å²) in [5, 5.41) is 0. The average Bonchev–Trinajstić information content (AvgIpc) is 2.38. The van der Waals surface area contributed by atoms with Gasteiger partial charge in [-0.2, -0.15) is 0 Å². The Morgan fingerprint density at radius 2 is 2.11 bits per heavy atom. The van der Waals surface area contributed by atoms with Crippen molar-refractivity contribution in [2.75, 3.05) is 40.3 Å². The number of nitrogens with zero attached hydrogens (tertiary/aromatic N) is 2. The molecule has 0 amide bonds. The van der Waals surface area contributed by atoms with E-state index in [-0.39, 0.29) is 0 Å². The maximum absolute atomic E-state index is 5.66. The quantitative estimate of drug-likeness (QED) is 0.721. The molecule has 0 aliphatic carbocycles. The standard InChI is InChI=1S/C15H33N3/c1-4-14(9-10-16)7-5-11-18-12-6-8-15(13-18)17(2)3/h14-15H,4-13,16H2,1-3H3. The van der Waals surface area contributed by atoms with Crippen LogP contribution in [0.5, 0.6) is 0 Å². The van der Waals surface area contributed by atoms with Gasteiger partial charge in [0.1, 0.15) is 0 Å². The molecule has 0 aromatic carbocycles. The van der Waals surface area contributed by atoms with Crippen molar-refractivity contribution in [3.8, 4) is 0 Å². The van der Waals surface area contributed by atoms with Gasteiger partial charge in [-0.3, -0.25) is 0 Å². The number of hydrogen-bond donors (Lipinski definition) is 1. The summed E-state index contributed by atoms with van der Waals surface area (Å²) < 4.78 is 0. The van der Waals surface area contributed by atoms with Gasteiger partial charge < -0.3 is 15.5 Å². The normalized spacial score (nSPS) is 23.5. The van der Waals surface area contributed by atoms with Crippen molar-refractivity contribution in [2.24, 2.45) is 11.7 Å². The summed E-state index contributed by atoms with van der Waals surface area (Å²) in [6, 6.07) is 0.768. The molecule has 3 nitrogen and oxygen atoms in total. The zero-order chi connectivity index (χ0) is 13.4. The smallest absolute Gasteiger partial charge is 0.0217 e. The molecular formula is C15H33N3. The van der Waals surface area contributed by atoms with Gasteiger partial charge >= 0.3 is 0 Å². The second-order valence-electron chi connectivity index (χ2n) is 6.05. The third-order valence-electron chi connectivity index (χ3n) is 4.45. The molecule has 0 aromatic heterocycles. The van der Waals surface area contributed by atoms with E-state index in [9.17, 15) is 0 Å². The van der Waals surface area contributed by atoms with Crippen molar-refractivity contribution in [3.05, 3.63) is 0 Å². The first-order valence-electron chi connectivity index (χ1n) is 7.76. The maximum atomic E-state index is 5.66. The number of piperidine rings is 1. The number of hydrogen-bond acceptors (Lipinski definition) is 3. The zero-order valence-electron chi connectivity index (χ0n) is 12.7. The lowest BCUT2D eigenvalue weighted by Gasteiger charge is -2.36.